The van der Waals surface area contributed by atoms with Gasteiger partial charge >= 0.3 is 5.63 Å². The minimum absolute atomic E-state index is 0.112. The second-order valence-corrected chi connectivity index (χ2v) is 5.52. The summed E-state index contributed by atoms with van der Waals surface area (Å²) in [5.74, 6) is 0.715. The molecule has 2 aromatic carbocycles. The summed E-state index contributed by atoms with van der Waals surface area (Å²) in [5, 5.41) is 11.8. The van der Waals surface area contributed by atoms with Crippen LogP contribution in [0, 0.1) is 0 Å². The molecule has 0 radical (unpaired) electrons. The lowest BCUT2D eigenvalue weighted by molar-refractivity contribution is 0.394. The van der Waals surface area contributed by atoms with Crippen LogP contribution in [0.5, 0.6) is 5.75 Å². The Bertz CT molecular complexity index is 1140. The van der Waals surface area contributed by atoms with Crippen molar-refractivity contribution in [2.24, 2.45) is 10.2 Å². The largest absolute Gasteiger partial charge is 0.497 e. The highest BCUT2D eigenvalue weighted by molar-refractivity contribution is 5.81. The minimum Gasteiger partial charge on any atom is -0.497 e. The summed E-state index contributed by atoms with van der Waals surface area (Å²) >= 11 is 0. The molecule has 7 heteroatoms. The number of azo groups is 1. The fraction of sp³-hybridized carbons (Fsp3) is 0.0526. The van der Waals surface area contributed by atoms with Crippen LogP contribution in [0.2, 0.25) is 0 Å². The predicted molar refractivity (Wildman–Crippen MR) is 97.2 cm³/mol. The maximum Gasteiger partial charge on any atom is 0.385 e. The molecule has 0 amide bonds. The third-order valence-corrected chi connectivity index (χ3v) is 3.91. The first-order chi connectivity index (χ1) is 12.7. The summed E-state index contributed by atoms with van der Waals surface area (Å²) in [6, 6.07) is 16.5. The van der Waals surface area contributed by atoms with E-state index in [1.54, 1.807) is 43.6 Å². The Morgan fingerprint density at radius 3 is 2.73 bits per heavy atom. The monoisotopic (exact) mass is 346 g/mol. The number of aromatic nitrogens is 2. The highest BCUT2D eigenvalue weighted by Gasteiger charge is 2.14. The second-order valence-electron chi connectivity index (χ2n) is 5.52. The van der Waals surface area contributed by atoms with Crippen molar-refractivity contribution >= 4 is 22.3 Å². The predicted octanol–water partition coefficient (Wildman–Crippen LogP) is 4.61. The normalized spacial score (nSPS) is 11.3. The van der Waals surface area contributed by atoms with Crippen molar-refractivity contribution in [2.75, 3.05) is 7.11 Å². The van der Waals surface area contributed by atoms with Gasteiger partial charge in [0.15, 0.2) is 5.69 Å². The van der Waals surface area contributed by atoms with Crippen LogP contribution in [-0.4, -0.2) is 17.3 Å². The third-order valence-electron chi connectivity index (χ3n) is 3.91. The van der Waals surface area contributed by atoms with Gasteiger partial charge in [-0.15, -0.1) is 5.11 Å². The molecule has 0 saturated carbocycles. The molecule has 2 aromatic heterocycles. The number of hydrogen-bond acceptors (Lipinski definition) is 6. The molecule has 2 heterocycles. The van der Waals surface area contributed by atoms with Gasteiger partial charge in [-0.1, -0.05) is 6.07 Å². The maximum absolute atomic E-state index is 12.0. The summed E-state index contributed by atoms with van der Waals surface area (Å²) in [7, 11) is 1.59. The molecule has 0 bridgehead atoms. The molecule has 1 N–H and O–H groups in total. The standard InChI is InChI=1S/C19H14N4O3/c1-25-15-7-4-12(5-8-15)17-18(19(24)26-23-17)22-21-14-6-9-16-13(11-14)3-2-10-20-16/h2-11,23H,1H3. The Balaban J connectivity index is 1.70. The van der Waals surface area contributed by atoms with Crippen LogP contribution in [0.1, 0.15) is 0 Å². The highest BCUT2D eigenvalue weighted by atomic mass is 16.5. The van der Waals surface area contributed by atoms with Gasteiger partial charge in [-0.05, 0) is 48.5 Å². The number of aromatic amines is 1. The molecule has 128 valence electrons. The molecule has 7 nitrogen and oxygen atoms in total. The van der Waals surface area contributed by atoms with Gasteiger partial charge in [0.2, 0.25) is 0 Å². The fourth-order valence-corrected chi connectivity index (χ4v) is 2.57. The molecule has 0 aliphatic heterocycles. The molecule has 4 rings (SSSR count). The number of ether oxygens (including phenoxy) is 1. The van der Waals surface area contributed by atoms with E-state index in [1.165, 1.54) is 0 Å². The van der Waals surface area contributed by atoms with E-state index < -0.39 is 5.63 Å². The Hall–Kier alpha value is -3.74. The summed E-state index contributed by atoms with van der Waals surface area (Å²) in [6.45, 7) is 0. The molecule has 0 saturated heterocycles. The molecule has 26 heavy (non-hydrogen) atoms. The molecule has 0 spiro atoms. The van der Waals surface area contributed by atoms with E-state index in [4.69, 9.17) is 9.26 Å². The zero-order chi connectivity index (χ0) is 17.9. The number of nitrogens with one attached hydrogen (secondary N) is 1. The summed E-state index contributed by atoms with van der Waals surface area (Å²) in [5.41, 5.74) is 2.22. The average Bonchev–Trinajstić information content (AvgIpc) is 3.06. The van der Waals surface area contributed by atoms with Crippen LogP contribution in [-0.2, 0) is 0 Å². The van der Waals surface area contributed by atoms with Crippen molar-refractivity contribution < 1.29 is 9.26 Å². The van der Waals surface area contributed by atoms with Crippen LogP contribution in [0.25, 0.3) is 22.2 Å². The van der Waals surface area contributed by atoms with Gasteiger partial charge in [-0.25, -0.2) is 9.95 Å². The van der Waals surface area contributed by atoms with Gasteiger partial charge in [0, 0.05) is 17.1 Å². The SMILES string of the molecule is COc1ccc(-c2[nH]oc(=O)c2N=Nc2ccc3ncccc3c2)cc1. The Morgan fingerprint density at radius 1 is 1.08 bits per heavy atom. The lowest BCUT2D eigenvalue weighted by atomic mass is 10.1. The molecule has 0 fully saturated rings. The van der Waals surface area contributed by atoms with Gasteiger partial charge in [0.25, 0.3) is 0 Å². The summed E-state index contributed by atoms with van der Waals surface area (Å²) in [4.78, 5) is 16.2. The van der Waals surface area contributed by atoms with Gasteiger partial charge in [-0.2, -0.15) is 5.11 Å². The molecular formula is C19H14N4O3. The molecule has 0 atom stereocenters. The molecule has 0 unspecified atom stereocenters. The summed E-state index contributed by atoms with van der Waals surface area (Å²) < 4.78 is 10.0. The number of rotatable bonds is 4. The summed E-state index contributed by atoms with van der Waals surface area (Å²) in [6.07, 6.45) is 1.73. The zero-order valence-electron chi connectivity index (χ0n) is 13.8. The van der Waals surface area contributed by atoms with Crippen molar-refractivity contribution in [3.8, 4) is 17.0 Å². The molecule has 4 aromatic rings. The van der Waals surface area contributed by atoms with Gasteiger partial charge in [0.05, 0.1) is 18.3 Å². The average molecular weight is 346 g/mol. The fourth-order valence-electron chi connectivity index (χ4n) is 2.57. The van der Waals surface area contributed by atoms with E-state index in [9.17, 15) is 4.79 Å². The first-order valence-corrected chi connectivity index (χ1v) is 7.87. The first-order valence-electron chi connectivity index (χ1n) is 7.87. The number of fused-ring (bicyclic) bond motifs is 1. The number of methoxy groups -OCH3 is 1. The smallest absolute Gasteiger partial charge is 0.385 e. The maximum atomic E-state index is 12.0. The van der Waals surface area contributed by atoms with E-state index in [0.29, 0.717) is 17.1 Å². The van der Waals surface area contributed by atoms with E-state index in [1.807, 2.05) is 24.3 Å². The number of nitrogens with zero attached hydrogens (tertiary/aromatic N) is 3. The van der Waals surface area contributed by atoms with Crippen LogP contribution in [0.3, 0.4) is 0 Å². The van der Waals surface area contributed by atoms with Gasteiger partial charge in [-0.3, -0.25) is 4.98 Å². The van der Waals surface area contributed by atoms with E-state index in [2.05, 4.69) is 20.4 Å². The minimum atomic E-state index is -0.581. The molecule has 0 aliphatic carbocycles. The van der Waals surface area contributed by atoms with Crippen molar-refractivity contribution in [1.82, 2.24) is 10.1 Å². The van der Waals surface area contributed by atoms with Crippen LogP contribution in [0.15, 0.2) is 80.3 Å². The van der Waals surface area contributed by atoms with Crippen molar-refractivity contribution in [3.05, 3.63) is 71.2 Å². The van der Waals surface area contributed by atoms with Crippen LogP contribution >= 0.6 is 0 Å². The lowest BCUT2D eigenvalue weighted by Gasteiger charge is -2.01. The Kier molecular flexibility index (Phi) is 4.03. The number of hydrogen-bond donors (Lipinski definition) is 1. The number of benzene rings is 2. The first kappa shape index (κ1) is 15.8. The lowest BCUT2D eigenvalue weighted by Crippen LogP contribution is -1.90. The topological polar surface area (TPSA) is 92.8 Å². The van der Waals surface area contributed by atoms with Crippen LogP contribution < -0.4 is 10.4 Å². The van der Waals surface area contributed by atoms with Crippen LogP contribution in [0.4, 0.5) is 11.4 Å². The highest BCUT2D eigenvalue weighted by Crippen LogP contribution is 2.29. The quantitative estimate of drug-likeness (QED) is 0.546. The van der Waals surface area contributed by atoms with E-state index >= 15 is 0 Å². The Labute approximate surface area is 147 Å². The number of pyridine rings is 1. The van der Waals surface area contributed by atoms with E-state index in [-0.39, 0.29) is 5.69 Å². The van der Waals surface area contributed by atoms with Gasteiger partial charge in [0.1, 0.15) is 11.4 Å². The van der Waals surface area contributed by atoms with E-state index in [0.717, 1.165) is 16.5 Å². The van der Waals surface area contributed by atoms with Crippen molar-refractivity contribution in [3.63, 3.8) is 0 Å². The molecular weight excluding hydrogens is 332 g/mol. The third kappa shape index (κ3) is 2.98. The number of H-pyrrole nitrogens is 1. The van der Waals surface area contributed by atoms with Crippen molar-refractivity contribution in [2.45, 2.75) is 0 Å². The van der Waals surface area contributed by atoms with Crippen molar-refractivity contribution in [1.29, 1.82) is 0 Å². The Morgan fingerprint density at radius 2 is 1.92 bits per heavy atom. The second kappa shape index (κ2) is 6.64. The zero-order valence-corrected chi connectivity index (χ0v) is 13.8. The molecule has 0 aliphatic rings. The van der Waals surface area contributed by atoms with Gasteiger partial charge < -0.3 is 9.26 Å².